The summed E-state index contributed by atoms with van der Waals surface area (Å²) >= 11 is 0. The fourth-order valence-corrected chi connectivity index (χ4v) is 3.36. The number of nitrogens with one attached hydrogen (secondary N) is 1. The molecule has 0 atom stereocenters. The summed E-state index contributed by atoms with van der Waals surface area (Å²) in [5, 5.41) is 16.5. The van der Waals surface area contributed by atoms with Gasteiger partial charge in [-0.25, -0.2) is 9.50 Å². The number of anilines is 1. The summed E-state index contributed by atoms with van der Waals surface area (Å²) in [6.45, 7) is 0.370. The van der Waals surface area contributed by atoms with Crippen molar-refractivity contribution in [3.63, 3.8) is 0 Å². The Bertz CT molecular complexity index is 1310. The monoisotopic (exact) mass is 431 g/mol. The molecule has 4 N–H and O–H groups in total. The van der Waals surface area contributed by atoms with Crippen molar-refractivity contribution in [2.45, 2.75) is 13.0 Å². The molecule has 0 saturated carbocycles. The first-order valence-corrected chi connectivity index (χ1v) is 9.83. The molecule has 1 amide bonds. The predicted molar refractivity (Wildman–Crippen MR) is 119 cm³/mol. The molecule has 0 spiro atoms. The van der Waals surface area contributed by atoms with Crippen molar-refractivity contribution in [1.29, 1.82) is 0 Å². The number of hydrogen-bond donors (Lipinski definition) is 3. The van der Waals surface area contributed by atoms with Crippen LogP contribution in [0.2, 0.25) is 0 Å². The van der Waals surface area contributed by atoms with Gasteiger partial charge in [0.15, 0.2) is 11.5 Å². The summed E-state index contributed by atoms with van der Waals surface area (Å²) < 4.78 is 6.80. The van der Waals surface area contributed by atoms with E-state index < -0.39 is 11.9 Å². The number of nitrogens with two attached hydrogens (primary N) is 1. The molecule has 0 fully saturated rings. The average molecular weight is 431 g/mol. The molecular formula is C23H21N5O4. The normalized spacial score (nSPS) is 10.8. The third kappa shape index (κ3) is 4.28. The zero-order valence-electron chi connectivity index (χ0n) is 17.3. The van der Waals surface area contributed by atoms with E-state index in [2.05, 4.69) is 15.4 Å². The van der Waals surface area contributed by atoms with Gasteiger partial charge in [-0.2, -0.15) is 0 Å². The molecule has 0 bridgehead atoms. The zero-order chi connectivity index (χ0) is 22.7. The average Bonchev–Trinajstić information content (AvgIpc) is 3.28. The van der Waals surface area contributed by atoms with Crippen molar-refractivity contribution in [3.8, 4) is 17.1 Å². The van der Waals surface area contributed by atoms with Crippen LogP contribution in [0.4, 0.5) is 5.69 Å². The zero-order valence-corrected chi connectivity index (χ0v) is 17.3. The number of fused-ring (bicyclic) bond motifs is 1. The van der Waals surface area contributed by atoms with E-state index in [0.29, 0.717) is 34.9 Å². The fraction of sp³-hybridized carbons (Fsp3) is 0.130. The Morgan fingerprint density at radius 1 is 1.16 bits per heavy atom. The number of carboxylic acid groups (broad SMARTS) is 1. The minimum absolute atomic E-state index is 0.155. The third-order valence-corrected chi connectivity index (χ3v) is 4.93. The molecule has 2 heterocycles. The van der Waals surface area contributed by atoms with E-state index in [4.69, 9.17) is 10.5 Å². The van der Waals surface area contributed by atoms with Crippen LogP contribution in [-0.2, 0) is 17.8 Å². The van der Waals surface area contributed by atoms with Crippen LogP contribution in [0.15, 0.2) is 60.8 Å². The topological polar surface area (TPSA) is 132 Å². The minimum atomic E-state index is -1.01. The maximum absolute atomic E-state index is 13.2. The SMILES string of the molecule is COc1ccc(CC(=O)O)c(NC(=O)c2nc(-c3cccc(CN)c3)nn3cccc23)c1. The van der Waals surface area contributed by atoms with Gasteiger partial charge in [-0.05, 0) is 35.4 Å². The highest BCUT2D eigenvalue weighted by Gasteiger charge is 2.19. The lowest BCUT2D eigenvalue weighted by atomic mass is 10.1. The summed E-state index contributed by atoms with van der Waals surface area (Å²) in [6.07, 6.45) is 1.48. The van der Waals surface area contributed by atoms with E-state index in [0.717, 1.165) is 11.1 Å². The van der Waals surface area contributed by atoms with Crippen molar-refractivity contribution in [2.75, 3.05) is 12.4 Å². The van der Waals surface area contributed by atoms with Crippen LogP contribution in [0.5, 0.6) is 5.75 Å². The maximum atomic E-state index is 13.2. The number of hydrogen-bond acceptors (Lipinski definition) is 6. The number of methoxy groups -OCH3 is 1. The highest BCUT2D eigenvalue weighted by Crippen LogP contribution is 2.25. The first-order chi connectivity index (χ1) is 15.5. The van der Waals surface area contributed by atoms with Gasteiger partial charge in [0.25, 0.3) is 5.91 Å². The fourth-order valence-electron chi connectivity index (χ4n) is 3.36. The number of benzene rings is 2. The summed E-state index contributed by atoms with van der Waals surface area (Å²) in [7, 11) is 1.49. The summed E-state index contributed by atoms with van der Waals surface area (Å²) in [5.41, 5.74) is 8.85. The van der Waals surface area contributed by atoms with Crippen molar-refractivity contribution >= 4 is 23.1 Å². The summed E-state index contributed by atoms with van der Waals surface area (Å²) in [4.78, 5) is 29.0. The Morgan fingerprint density at radius 3 is 2.75 bits per heavy atom. The van der Waals surface area contributed by atoms with Crippen LogP contribution in [0.3, 0.4) is 0 Å². The highest BCUT2D eigenvalue weighted by atomic mass is 16.5. The first-order valence-electron chi connectivity index (χ1n) is 9.83. The molecule has 0 radical (unpaired) electrons. The Kier molecular flexibility index (Phi) is 5.82. The second kappa shape index (κ2) is 8.86. The molecule has 2 aromatic carbocycles. The number of amides is 1. The van der Waals surface area contributed by atoms with E-state index in [-0.39, 0.29) is 12.1 Å². The maximum Gasteiger partial charge on any atom is 0.307 e. The molecule has 0 unspecified atom stereocenters. The lowest BCUT2D eigenvalue weighted by Gasteiger charge is -2.13. The van der Waals surface area contributed by atoms with Gasteiger partial charge in [-0.3, -0.25) is 9.59 Å². The summed E-state index contributed by atoms with van der Waals surface area (Å²) in [6, 6.07) is 15.8. The molecule has 0 aliphatic carbocycles. The number of nitrogens with zero attached hydrogens (tertiary/aromatic N) is 3. The van der Waals surface area contributed by atoms with E-state index in [9.17, 15) is 14.7 Å². The predicted octanol–water partition coefficient (Wildman–Crippen LogP) is 2.74. The van der Waals surface area contributed by atoms with E-state index in [1.165, 1.54) is 7.11 Å². The molecule has 9 nitrogen and oxygen atoms in total. The second-order valence-corrected chi connectivity index (χ2v) is 7.07. The molecular weight excluding hydrogens is 410 g/mol. The quantitative estimate of drug-likeness (QED) is 0.410. The van der Waals surface area contributed by atoms with E-state index in [1.54, 1.807) is 41.0 Å². The van der Waals surface area contributed by atoms with E-state index in [1.807, 2.05) is 24.3 Å². The number of aromatic nitrogens is 3. The number of ether oxygens (including phenoxy) is 1. The van der Waals surface area contributed by atoms with Gasteiger partial charge in [0, 0.05) is 30.1 Å². The molecule has 32 heavy (non-hydrogen) atoms. The van der Waals surface area contributed by atoms with Gasteiger partial charge in [0.1, 0.15) is 5.75 Å². The number of aliphatic carboxylic acids is 1. The van der Waals surface area contributed by atoms with Gasteiger partial charge >= 0.3 is 5.97 Å². The van der Waals surface area contributed by atoms with Crippen molar-refractivity contribution in [1.82, 2.24) is 14.6 Å². The molecule has 4 rings (SSSR count). The lowest BCUT2D eigenvalue weighted by molar-refractivity contribution is -0.136. The molecule has 4 aromatic rings. The van der Waals surface area contributed by atoms with Crippen molar-refractivity contribution in [3.05, 3.63) is 77.6 Å². The molecule has 2 aromatic heterocycles. The largest absolute Gasteiger partial charge is 0.497 e. The van der Waals surface area contributed by atoms with Crippen LogP contribution >= 0.6 is 0 Å². The molecule has 9 heteroatoms. The Labute approximate surface area is 183 Å². The number of carbonyl (C=O) groups is 2. The Hall–Kier alpha value is -4.24. The Balaban J connectivity index is 1.76. The van der Waals surface area contributed by atoms with Crippen LogP contribution in [0.1, 0.15) is 21.6 Å². The number of carbonyl (C=O) groups excluding carboxylic acids is 1. The van der Waals surface area contributed by atoms with Gasteiger partial charge in [0.05, 0.1) is 19.0 Å². The van der Waals surface area contributed by atoms with Crippen molar-refractivity contribution in [2.24, 2.45) is 5.73 Å². The number of carboxylic acids is 1. The minimum Gasteiger partial charge on any atom is -0.497 e. The van der Waals surface area contributed by atoms with Gasteiger partial charge in [-0.15, -0.1) is 5.10 Å². The molecule has 162 valence electrons. The molecule has 0 saturated heterocycles. The Morgan fingerprint density at radius 2 is 2.00 bits per heavy atom. The van der Waals surface area contributed by atoms with Crippen LogP contribution in [-0.4, -0.2) is 38.7 Å². The van der Waals surface area contributed by atoms with Crippen LogP contribution in [0, 0.1) is 0 Å². The molecule has 0 aliphatic heterocycles. The molecule has 0 aliphatic rings. The van der Waals surface area contributed by atoms with Crippen LogP contribution < -0.4 is 15.8 Å². The van der Waals surface area contributed by atoms with Gasteiger partial charge in [0.2, 0.25) is 0 Å². The highest BCUT2D eigenvalue weighted by molar-refractivity contribution is 6.08. The second-order valence-electron chi connectivity index (χ2n) is 7.07. The van der Waals surface area contributed by atoms with Gasteiger partial charge < -0.3 is 20.9 Å². The first kappa shape index (κ1) is 21.0. The van der Waals surface area contributed by atoms with Gasteiger partial charge in [-0.1, -0.05) is 24.3 Å². The standard InChI is InChI=1S/C23H21N5O4/c1-32-17-8-7-15(11-20(29)30)18(12-17)25-23(31)21-19-6-3-9-28(19)27-22(26-21)16-5-2-4-14(10-16)13-24/h2-10,12H,11,13,24H2,1H3,(H,25,31)(H,29,30). The number of rotatable bonds is 7. The van der Waals surface area contributed by atoms with Crippen LogP contribution in [0.25, 0.3) is 16.9 Å². The smallest absolute Gasteiger partial charge is 0.307 e. The van der Waals surface area contributed by atoms with E-state index >= 15 is 0 Å². The summed E-state index contributed by atoms with van der Waals surface area (Å²) in [5.74, 6) is -0.647. The van der Waals surface area contributed by atoms with Crippen molar-refractivity contribution < 1.29 is 19.4 Å². The third-order valence-electron chi connectivity index (χ3n) is 4.93. The lowest BCUT2D eigenvalue weighted by Crippen LogP contribution is -2.18.